The zero-order chi connectivity index (χ0) is 23.5. The molecule has 162 valence electrons. The first-order valence-corrected chi connectivity index (χ1v) is 9.75. The third kappa shape index (κ3) is 4.90. The van der Waals surface area contributed by atoms with Crippen LogP contribution >= 0.6 is 0 Å². The molecule has 0 aliphatic heterocycles. The van der Waals surface area contributed by atoms with E-state index < -0.39 is 23.1 Å². The minimum absolute atomic E-state index is 0.0263. The lowest BCUT2D eigenvalue weighted by atomic mass is 10.1. The van der Waals surface area contributed by atoms with Crippen molar-refractivity contribution in [3.8, 4) is 17.8 Å². The van der Waals surface area contributed by atoms with Gasteiger partial charge in [0.15, 0.2) is 0 Å². The molecule has 1 amide bonds. The maximum absolute atomic E-state index is 14.1. The highest BCUT2D eigenvalue weighted by molar-refractivity contribution is 5.84. The Hall–Kier alpha value is -4.24. The summed E-state index contributed by atoms with van der Waals surface area (Å²) in [6.45, 7) is 5.29. The van der Waals surface area contributed by atoms with E-state index in [0.29, 0.717) is 5.52 Å². The van der Waals surface area contributed by atoms with Crippen LogP contribution in [0.3, 0.4) is 0 Å². The van der Waals surface area contributed by atoms with Gasteiger partial charge in [-0.1, -0.05) is 6.07 Å². The second kappa shape index (κ2) is 8.86. The van der Waals surface area contributed by atoms with Crippen LogP contribution in [0.1, 0.15) is 37.7 Å². The van der Waals surface area contributed by atoms with E-state index in [1.807, 2.05) is 12.1 Å². The first kappa shape index (κ1) is 22.4. The number of carbonyl (C=O) groups excluding carboxylic acids is 1. The smallest absolute Gasteiger partial charge is 0.407 e. The standard InChI is InChI=1S/C23H20FN5O3/c1-23(2,3)32-22(31)27-8-7-19-28-18-6-4-5-15(13-26)20(18)21(30)29(19)17-10-14(12-25)9-16(24)11-17/h4-6,9-11H,7-8H2,1-3H3,(H,27,31). The molecule has 3 aromatic rings. The lowest BCUT2D eigenvalue weighted by molar-refractivity contribution is 0.0528. The van der Waals surface area contributed by atoms with Crippen LogP contribution in [0.2, 0.25) is 0 Å². The Labute approximate surface area is 183 Å². The quantitative estimate of drug-likeness (QED) is 0.674. The molecule has 0 unspecified atom stereocenters. The molecule has 0 fully saturated rings. The fourth-order valence-electron chi connectivity index (χ4n) is 3.16. The predicted molar refractivity (Wildman–Crippen MR) is 115 cm³/mol. The summed E-state index contributed by atoms with van der Waals surface area (Å²) in [5, 5.41) is 21.3. The Morgan fingerprint density at radius 3 is 2.62 bits per heavy atom. The Morgan fingerprint density at radius 2 is 1.97 bits per heavy atom. The number of benzene rings is 2. The molecule has 0 saturated carbocycles. The van der Waals surface area contributed by atoms with E-state index in [1.165, 1.54) is 12.1 Å². The second-order valence-electron chi connectivity index (χ2n) is 7.97. The van der Waals surface area contributed by atoms with Gasteiger partial charge in [0.1, 0.15) is 23.3 Å². The van der Waals surface area contributed by atoms with Crippen LogP contribution in [0.25, 0.3) is 16.6 Å². The van der Waals surface area contributed by atoms with Crippen LogP contribution in [-0.4, -0.2) is 27.8 Å². The zero-order valence-corrected chi connectivity index (χ0v) is 17.8. The number of ether oxygens (including phenoxy) is 1. The number of hydrogen-bond donors (Lipinski definition) is 1. The number of carbonyl (C=O) groups is 1. The molecule has 9 heteroatoms. The summed E-state index contributed by atoms with van der Waals surface area (Å²) in [5.74, 6) is -0.472. The average Bonchev–Trinajstić information content (AvgIpc) is 2.71. The lowest BCUT2D eigenvalue weighted by Crippen LogP contribution is -2.34. The number of nitrogens with zero attached hydrogens (tertiary/aromatic N) is 4. The molecule has 0 saturated heterocycles. The summed E-state index contributed by atoms with van der Waals surface area (Å²) in [6.07, 6.45) is -0.518. The zero-order valence-electron chi connectivity index (χ0n) is 17.8. The Bertz CT molecular complexity index is 1340. The van der Waals surface area contributed by atoms with Gasteiger partial charge < -0.3 is 10.1 Å². The third-order valence-electron chi connectivity index (χ3n) is 4.37. The van der Waals surface area contributed by atoms with Gasteiger partial charge in [0, 0.05) is 13.0 Å². The molecule has 8 nitrogen and oxygen atoms in total. The number of amides is 1. The van der Waals surface area contributed by atoms with Crippen molar-refractivity contribution in [2.75, 3.05) is 6.54 Å². The van der Waals surface area contributed by atoms with Gasteiger partial charge in [-0.05, 0) is 51.1 Å². The van der Waals surface area contributed by atoms with Gasteiger partial charge in [-0.2, -0.15) is 10.5 Å². The van der Waals surface area contributed by atoms with Crippen LogP contribution in [0, 0.1) is 28.5 Å². The van der Waals surface area contributed by atoms with Gasteiger partial charge in [0.05, 0.1) is 33.8 Å². The summed E-state index contributed by atoms with van der Waals surface area (Å²) in [4.78, 5) is 29.8. The predicted octanol–water partition coefficient (Wildman–Crippen LogP) is 3.34. The topological polar surface area (TPSA) is 121 Å². The summed E-state index contributed by atoms with van der Waals surface area (Å²) in [5.41, 5.74) is -0.692. The molecule has 0 radical (unpaired) electrons. The first-order chi connectivity index (χ1) is 15.1. The molecule has 0 spiro atoms. The third-order valence-corrected chi connectivity index (χ3v) is 4.37. The molecular formula is C23H20FN5O3. The largest absolute Gasteiger partial charge is 0.444 e. The molecule has 1 aromatic heterocycles. The number of nitriles is 2. The van der Waals surface area contributed by atoms with Gasteiger partial charge in [0.25, 0.3) is 5.56 Å². The molecule has 0 bridgehead atoms. The van der Waals surface area contributed by atoms with Crippen molar-refractivity contribution in [2.45, 2.75) is 32.8 Å². The molecule has 0 atom stereocenters. The number of rotatable bonds is 4. The fraction of sp³-hybridized carbons (Fsp3) is 0.261. The summed E-state index contributed by atoms with van der Waals surface area (Å²) >= 11 is 0. The molecule has 3 rings (SSSR count). The van der Waals surface area contributed by atoms with E-state index in [0.717, 1.165) is 16.7 Å². The van der Waals surface area contributed by atoms with E-state index in [4.69, 9.17) is 4.74 Å². The number of alkyl carbamates (subject to hydrolysis) is 1. The summed E-state index contributed by atoms with van der Waals surface area (Å²) in [7, 11) is 0. The highest BCUT2D eigenvalue weighted by atomic mass is 19.1. The second-order valence-corrected chi connectivity index (χ2v) is 7.97. The van der Waals surface area contributed by atoms with Crippen molar-refractivity contribution in [1.29, 1.82) is 10.5 Å². The van der Waals surface area contributed by atoms with Crippen molar-refractivity contribution in [3.05, 3.63) is 69.5 Å². The first-order valence-electron chi connectivity index (χ1n) is 9.75. The number of aromatic nitrogens is 2. The van der Waals surface area contributed by atoms with E-state index in [-0.39, 0.29) is 41.0 Å². The van der Waals surface area contributed by atoms with E-state index in [9.17, 15) is 24.5 Å². The van der Waals surface area contributed by atoms with Gasteiger partial charge in [0.2, 0.25) is 0 Å². The number of nitrogens with one attached hydrogen (secondary N) is 1. The van der Waals surface area contributed by atoms with E-state index in [1.54, 1.807) is 32.9 Å². The van der Waals surface area contributed by atoms with Crippen LogP contribution in [0.15, 0.2) is 41.2 Å². The van der Waals surface area contributed by atoms with Gasteiger partial charge in [-0.15, -0.1) is 0 Å². The Morgan fingerprint density at radius 1 is 1.22 bits per heavy atom. The highest BCUT2D eigenvalue weighted by Crippen LogP contribution is 2.18. The minimum Gasteiger partial charge on any atom is -0.444 e. The number of hydrogen-bond acceptors (Lipinski definition) is 6. The summed E-state index contributed by atoms with van der Waals surface area (Å²) < 4.78 is 20.5. The van der Waals surface area contributed by atoms with Gasteiger partial charge in [-0.3, -0.25) is 9.36 Å². The minimum atomic E-state index is -0.697. The fourth-order valence-corrected chi connectivity index (χ4v) is 3.16. The van der Waals surface area contributed by atoms with Crippen molar-refractivity contribution in [3.63, 3.8) is 0 Å². The van der Waals surface area contributed by atoms with Crippen molar-refractivity contribution >= 4 is 17.0 Å². The van der Waals surface area contributed by atoms with Crippen LogP contribution in [0.4, 0.5) is 9.18 Å². The maximum atomic E-state index is 14.1. The molecule has 2 aromatic carbocycles. The van der Waals surface area contributed by atoms with E-state index in [2.05, 4.69) is 10.3 Å². The SMILES string of the molecule is CC(C)(C)OC(=O)NCCc1nc2cccc(C#N)c2c(=O)n1-c1cc(F)cc(C#N)c1. The number of fused-ring (bicyclic) bond motifs is 1. The van der Waals surface area contributed by atoms with E-state index >= 15 is 0 Å². The van der Waals surface area contributed by atoms with Crippen LogP contribution in [-0.2, 0) is 11.2 Å². The monoisotopic (exact) mass is 433 g/mol. The van der Waals surface area contributed by atoms with Crippen molar-refractivity contribution in [2.24, 2.45) is 0 Å². The number of halogens is 1. The Balaban J connectivity index is 2.11. The highest BCUT2D eigenvalue weighted by Gasteiger charge is 2.18. The maximum Gasteiger partial charge on any atom is 0.407 e. The van der Waals surface area contributed by atoms with Gasteiger partial charge >= 0.3 is 6.09 Å². The normalized spacial score (nSPS) is 10.9. The molecule has 1 N–H and O–H groups in total. The molecular weight excluding hydrogens is 413 g/mol. The van der Waals surface area contributed by atoms with Crippen LogP contribution in [0.5, 0.6) is 0 Å². The van der Waals surface area contributed by atoms with Gasteiger partial charge in [-0.25, -0.2) is 14.2 Å². The molecule has 1 heterocycles. The lowest BCUT2D eigenvalue weighted by Gasteiger charge is -2.20. The van der Waals surface area contributed by atoms with Crippen molar-refractivity contribution in [1.82, 2.24) is 14.9 Å². The van der Waals surface area contributed by atoms with Crippen LogP contribution < -0.4 is 10.9 Å². The molecule has 0 aliphatic rings. The van der Waals surface area contributed by atoms with Crippen molar-refractivity contribution < 1.29 is 13.9 Å². The Kier molecular flexibility index (Phi) is 6.22. The summed E-state index contributed by atoms with van der Waals surface area (Å²) in [6, 6.07) is 12.0. The molecule has 32 heavy (non-hydrogen) atoms. The average molecular weight is 433 g/mol. The molecule has 0 aliphatic carbocycles.